The zero-order chi connectivity index (χ0) is 11.2. The van der Waals surface area contributed by atoms with Gasteiger partial charge in [-0.1, -0.05) is 20.8 Å². The average molecular weight is 201 g/mol. The van der Waals surface area contributed by atoms with Gasteiger partial charge in [-0.15, -0.1) is 0 Å². The Morgan fingerprint density at radius 1 is 1.50 bits per heavy atom. The van der Waals surface area contributed by atoms with Crippen molar-refractivity contribution in [3.63, 3.8) is 0 Å². The molecule has 0 saturated heterocycles. The van der Waals surface area contributed by atoms with Crippen LogP contribution in [-0.2, 0) is 4.79 Å². The lowest BCUT2D eigenvalue weighted by Gasteiger charge is -2.29. The Hall–Kier alpha value is -0.570. The first-order valence-corrected chi connectivity index (χ1v) is 5.35. The molecule has 0 heterocycles. The lowest BCUT2D eigenvalue weighted by Crippen LogP contribution is -2.46. The standard InChI is InChI=1S/C11H23NO2/c1-5-11(4,6-7-13)12-10(14)8-9(2)3/h9,13H,5-8H2,1-4H3,(H,12,14). The number of hydrogen-bond donors (Lipinski definition) is 2. The molecule has 0 aromatic carbocycles. The molecule has 0 aliphatic rings. The Labute approximate surface area is 86.9 Å². The van der Waals surface area contributed by atoms with Crippen LogP contribution in [0.5, 0.6) is 0 Å². The van der Waals surface area contributed by atoms with Crippen molar-refractivity contribution in [2.45, 2.75) is 52.5 Å². The molecule has 0 fully saturated rings. The number of carbonyl (C=O) groups is 1. The molecule has 1 atom stereocenters. The second-order valence-electron chi connectivity index (χ2n) is 4.53. The number of hydrogen-bond acceptors (Lipinski definition) is 2. The van der Waals surface area contributed by atoms with Crippen LogP contribution in [0.1, 0.15) is 47.0 Å². The molecule has 3 heteroatoms. The summed E-state index contributed by atoms with van der Waals surface area (Å²) in [5, 5.41) is 11.9. The van der Waals surface area contributed by atoms with Crippen molar-refractivity contribution >= 4 is 5.91 Å². The largest absolute Gasteiger partial charge is 0.396 e. The maximum Gasteiger partial charge on any atom is 0.220 e. The molecule has 1 amide bonds. The summed E-state index contributed by atoms with van der Waals surface area (Å²) >= 11 is 0. The lowest BCUT2D eigenvalue weighted by molar-refractivity contribution is -0.123. The van der Waals surface area contributed by atoms with Gasteiger partial charge >= 0.3 is 0 Å². The number of carbonyl (C=O) groups excluding carboxylic acids is 1. The Balaban J connectivity index is 4.10. The molecule has 0 rings (SSSR count). The van der Waals surface area contributed by atoms with Crippen LogP contribution in [0, 0.1) is 5.92 Å². The van der Waals surface area contributed by atoms with Crippen LogP contribution in [-0.4, -0.2) is 23.2 Å². The highest BCUT2D eigenvalue weighted by atomic mass is 16.3. The minimum Gasteiger partial charge on any atom is -0.396 e. The molecule has 0 saturated carbocycles. The highest BCUT2D eigenvalue weighted by Crippen LogP contribution is 2.14. The third kappa shape index (κ3) is 5.22. The lowest BCUT2D eigenvalue weighted by atomic mass is 9.94. The number of rotatable bonds is 6. The molecule has 14 heavy (non-hydrogen) atoms. The number of aliphatic hydroxyl groups is 1. The van der Waals surface area contributed by atoms with E-state index in [1.807, 2.05) is 27.7 Å². The van der Waals surface area contributed by atoms with Gasteiger partial charge in [0.1, 0.15) is 0 Å². The van der Waals surface area contributed by atoms with Crippen LogP contribution in [0.2, 0.25) is 0 Å². The molecule has 3 nitrogen and oxygen atoms in total. The van der Waals surface area contributed by atoms with Gasteiger partial charge in [-0.3, -0.25) is 4.79 Å². The minimum atomic E-state index is -0.249. The fourth-order valence-corrected chi connectivity index (χ4v) is 1.33. The van der Waals surface area contributed by atoms with Crippen LogP contribution in [0.15, 0.2) is 0 Å². The number of nitrogens with one attached hydrogen (secondary N) is 1. The van der Waals surface area contributed by atoms with Gasteiger partial charge in [-0.25, -0.2) is 0 Å². The molecular formula is C11H23NO2. The van der Waals surface area contributed by atoms with E-state index in [1.165, 1.54) is 0 Å². The fourth-order valence-electron chi connectivity index (χ4n) is 1.33. The third-order valence-corrected chi connectivity index (χ3v) is 2.48. The zero-order valence-electron chi connectivity index (χ0n) is 9.76. The maximum absolute atomic E-state index is 11.5. The minimum absolute atomic E-state index is 0.0813. The molecule has 0 bridgehead atoms. The molecule has 0 spiro atoms. The van der Waals surface area contributed by atoms with Gasteiger partial charge < -0.3 is 10.4 Å². The molecular weight excluding hydrogens is 178 g/mol. The summed E-state index contributed by atoms with van der Waals surface area (Å²) in [6.45, 7) is 8.16. The first-order valence-electron chi connectivity index (χ1n) is 5.35. The molecule has 0 aromatic heterocycles. The maximum atomic E-state index is 11.5. The van der Waals surface area contributed by atoms with Crippen LogP contribution in [0.3, 0.4) is 0 Å². The number of aliphatic hydroxyl groups excluding tert-OH is 1. The average Bonchev–Trinajstić information content (AvgIpc) is 2.02. The van der Waals surface area contributed by atoms with Crippen molar-refractivity contribution in [2.75, 3.05) is 6.61 Å². The van der Waals surface area contributed by atoms with E-state index in [9.17, 15) is 4.79 Å². The summed E-state index contributed by atoms with van der Waals surface area (Å²) in [6, 6.07) is 0. The monoisotopic (exact) mass is 201 g/mol. The topological polar surface area (TPSA) is 49.3 Å². The van der Waals surface area contributed by atoms with Crippen molar-refractivity contribution < 1.29 is 9.90 Å². The molecule has 2 N–H and O–H groups in total. The predicted octanol–water partition coefficient (Wildman–Crippen LogP) is 1.70. The van der Waals surface area contributed by atoms with Crippen molar-refractivity contribution in [2.24, 2.45) is 5.92 Å². The summed E-state index contributed by atoms with van der Waals surface area (Å²) in [5.41, 5.74) is -0.249. The van der Waals surface area contributed by atoms with Gasteiger partial charge in [0.25, 0.3) is 0 Å². The molecule has 1 unspecified atom stereocenters. The second kappa shape index (κ2) is 6.02. The van der Waals surface area contributed by atoms with E-state index < -0.39 is 0 Å². The number of amides is 1. The summed E-state index contributed by atoms with van der Waals surface area (Å²) in [6.07, 6.45) is 2.02. The Bertz CT molecular complexity index is 180. The molecule has 84 valence electrons. The van der Waals surface area contributed by atoms with Gasteiger partial charge in [0.05, 0.1) is 0 Å². The summed E-state index contributed by atoms with van der Waals surface area (Å²) < 4.78 is 0. The Kier molecular flexibility index (Phi) is 5.77. The highest BCUT2D eigenvalue weighted by molar-refractivity contribution is 5.76. The first kappa shape index (κ1) is 13.4. The van der Waals surface area contributed by atoms with E-state index in [0.717, 1.165) is 6.42 Å². The third-order valence-electron chi connectivity index (χ3n) is 2.48. The van der Waals surface area contributed by atoms with Crippen molar-refractivity contribution in [1.82, 2.24) is 5.32 Å². The van der Waals surface area contributed by atoms with Crippen LogP contribution >= 0.6 is 0 Å². The predicted molar refractivity (Wildman–Crippen MR) is 58.0 cm³/mol. The van der Waals surface area contributed by atoms with Gasteiger partial charge in [-0.2, -0.15) is 0 Å². The summed E-state index contributed by atoms with van der Waals surface area (Å²) in [7, 11) is 0. The quantitative estimate of drug-likeness (QED) is 0.687. The SMILES string of the molecule is CCC(C)(CCO)NC(=O)CC(C)C. The van der Waals surface area contributed by atoms with Crippen LogP contribution < -0.4 is 5.32 Å². The van der Waals surface area contributed by atoms with E-state index in [1.54, 1.807) is 0 Å². The van der Waals surface area contributed by atoms with Gasteiger partial charge in [-0.05, 0) is 25.7 Å². The van der Waals surface area contributed by atoms with Gasteiger partial charge in [0.2, 0.25) is 5.91 Å². The fraction of sp³-hybridized carbons (Fsp3) is 0.909. The van der Waals surface area contributed by atoms with Crippen molar-refractivity contribution in [1.29, 1.82) is 0 Å². The van der Waals surface area contributed by atoms with E-state index >= 15 is 0 Å². The van der Waals surface area contributed by atoms with Crippen molar-refractivity contribution in [3.8, 4) is 0 Å². The van der Waals surface area contributed by atoms with Gasteiger partial charge in [0.15, 0.2) is 0 Å². The second-order valence-corrected chi connectivity index (χ2v) is 4.53. The molecule has 0 aliphatic carbocycles. The Morgan fingerprint density at radius 3 is 2.43 bits per heavy atom. The van der Waals surface area contributed by atoms with E-state index in [-0.39, 0.29) is 18.1 Å². The molecule has 0 radical (unpaired) electrons. The van der Waals surface area contributed by atoms with E-state index in [2.05, 4.69) is 5.32 Å². The van der Waals surface area contributed by atoms with Crippen molar-refractivity contribution in [3.05, 3.63) is 0 Å². The highest BCUT2D eigenvalue weighted by Gasteiger charge is 2.23. The van der Waals surface area contributed by atoms with Crippen LogP contribution in [0.4, 0.5) is 0 Å². The first-order chi connectivity index (χ1) is 6.43. The van der Waals surface area contributed by atoms with E-state index in [4.69, 9.17) is 5.11 Å². The zero-order valence-corrected chi connectivity index (χ0v) is 9.76. The van der Waals surface area contributed by atoms with Gasteiger partial charge in [0, 0.05) is 18.6 Å². The summed E-state index contributed by atoms with van der Waals surface area (Å²) in [5.74, 6) is 0.461. The summed E-state index contributed by atoms with van der Waals surface area (Å²) in [4.78, 5) is 11.5. The smallest absolute Gasteiger partial charge is 0.220 e. The molecule has 0 aliphatic heterocycles. The normalized spacial score (nSPS) is 15.3. The van der Waals surface area contributed by atoms with Crippen LogP contribution in [0.25, 0.3) is 0 Å². The van der Waals surface area contributed by atoms with E-state index in [0.29, 0.717) is 18.8 Å². The molecule has 0 aromatic rings. The Morgan fingerprint density at radius 2 is 2.07 bits per heavy atom.